The Bertz CT molecular complexity index is 430. The lowest BCUT2D eigenvalue weighted by atomic mass is 10.1. The Morgan fingerprint density at radius 1 is 1.56 bits per heavy atom. The average Bonchev–Trinajstić information content (AvgIpc) is 2.36. The fraction of sp³-hybridized carbons (Fsp3) is 0.417. The number of hydrogen-bond donors (Lipinski definition) is 2. The zero-order valence-corrected chi connectivity index (χ0v) is 10.3. The number of nitro groups is 1. The number of benzene rings is 1. The number of non-ortho nitro benzene ring substituents is 1. The minimum Gasteiger partial charge on any atom is -0.352 e. The molecule has 3 N–H and O–H groups in total. The van der Waals surface area contributed by atoms with Gasteiger partial charge in [0.15, 0.2) is 0 Å². The standard InChI is InChI=1S/C12H17N3O3/c1-2-10(8-13)14-12(16)7-9-4-3-5-11(6-9)15(17)18/h3-6,10H,2,7-8,13H2,1H3,(H,14,16). The number of carbonyl (C=O) groups excluding carboxylic acids is 1. The molecule has 0 bridgehead atoms. The van der Waals surface area contributed by atoms with Gasteiger partial charge in [-0.25, -0.2) is 0 Å². The van der Waals surface area contributed by atoms with Crippen LogP contribution in [0, 0.1) is 10.1 Å². The van der Waals surface area contributed by atoms with E-state index >= 15 is 0 Å². The van der Waals surface area contributed by atoms with Gasteiger partial charge in [0.25, 0.3) is 5.69 Å². The number of nitrogens with one attached hydrogen (secondary N) is 1. The number of nitrogens with two attached hydrogens (primary N) is 1. The van der Waals surface area contributed by atoms with Crippen molar-refractivity contribution in [2.24, 2.45) is 5.73 Å². The lowest BCUT2D eigenvalue weighted by Crippen LogP contribution is -2.40. The molecule has 0 aliphatic rings. The van der Waals surface area contributed by atoms with Crippen LogP contribution in [0.5, 0.6) is 0 Å². The molecule has 0 saturated carbocycles. The van der Waals surface area contributed by atoms with Crippen molar-refractivity contribution in [1.82, 2.24) is 5.32 Å². The summed E-state index contributed by atoms with van der Waals surface area (Å²) in [5, 5.41) is 13.4. The van der Waals surface area contributed by atoms with Gasteiger partial charge < -0.3 is 11.1 Å². The third-order valence-corrected chi connectivity index (χ3v) is 2.63. The molecule has 18 heavy (non-hydrogen) atoms. The summed E-state index contributed by atoms with van der Waals surface area (Å²) >= 11 is 0. The van der Waals surface area contributed by atoms with Gasteiger partial charge in [0, 0.05) is 24.7 Å². The predicted octanol–water partition coefficient (Wildman–Crippen LogP) is 0.991. The second-order valence-corrected chi connectivity index (χ2v) is 4.01. The van der Waals surface area contributed by atoms with Gasteiger partial charge in [-0.15, -0.1) is 0 Å². The fourth-order valence-corrected chi connectivity index (χ4v) is 1.57. The van der Waals surface area contributed by atoms with Crippen molar-refractivity contribution in [3.05, 3.63) is 39.9 Å². The van der Waals surface area contributed by atoms with E-state index in [1.165, 1.54) is 12.1 Å². The van der Waals surface area contributed by atoms with Crippen molar-refractivity contribution in [3.63, 3.8) is 0 Å². The summed E-state index contributed by atoms with van der Waals surface area (Å²) in [4.78, 5) is 21.8. The maximum Gasteiger partial charge on any atom is 0.269 e. The fourth-order valence-electron chi connectivity index (χ4n) is 1.57. The van der Waals surface area contributed by atoms with Crippen LogP contribution in [0.4, 0.5) is 5.69 Å². The average molecular weight is 251 g/mol. The molecule has 98 valence electrons. The van der Waals surface area contributed by atoms with Gasteiger partial charge in [0.1, 0.15) is 0 Å². The van der Waals surface area contributed by atoms with Crippen molar-refractivity contribution < 1.29 is 9.72 Å². The molecule has 6 nitrogen and oxygen atoms in total. The summed E-state index contributed by atoms with van der Waals surface area (Å²) in [7, 11) is 0. The van der Waals surface area contributed by atoms with Crippen LogP contribution in [0.25, 0.3) is 0 Å². The number of rotatable bonds is 6. The zero-order chi connectivity index (χ0) is 13.5. The van der Waals surface area contributed by atoms with Crippen LogP contribution < -0.4 is 11.1 Å². The lowest BCUT2D eigenvalue weighted by Gasteiger charge is -2.14. The molecule has 6 heteroatoms. The summed E-state index contributed by atoms with van der Waals surface area (Å²) in [5.41, 5.74) is 6.10. The predicted molar refractivity (Wildman–Crippen MR) is 68.1 cm³/mol. The summed E-state index contributed by atoms with van der Waals surface area (Å²) < 4.78 is 0. The molecular weight excluding hydrogens is 234 g/mol. The normalized spacial score (nSPS) is 11.9. The molecule has 1 amide bonds. The van der Waals surface area contributed by atoms with Gasteiger partial charge in [-0.2, -0.15) is 0 Å². The minimum atomic E-state index is -0.476. The molecule has 1 unspecified atom stereocenters. The molecular formula is C12H17N3O3. The van der Waals surface area contributed by atoms with Crippen molar-refractivity contribution in [1.29, 1.82) is 0 Å². The highest BCUT2D eigenvalue weighted by Gasteiger charge is 2.11. The van der Waals surface area contributed by atoms with E-state index in [-0.39, 0.29) is 24.1 Å². The molecule has 0 aliphatic heterocycles. The Morgan fingerprint density at radius 3 is 2.83 bits per heavy atom. The van der Waals surface area contributed by atoms with E-state index in [4.69, 9.17) is 5.73 Å². The number of amides is 1. The van der Waals surface area contributed by atoms with E-state index in [9.17, 15) is 14.9 Å². The van der Waals surface area contributed by atoms with Crippen molar-refractivity contribution in [2.45, 2.75) is 25.8 Å². The number of nitro benzene ring substituents is 1. The summed E-state index contributed by atoms with van der Waals surface area (Å²) in [6.45, 7) is 2.32. The first kappa shape index (κ1) is 14.1. The second-order valence-electron chi connectivity index (χ2n) is 4.01. The van der Waals surface area contributed by atoms with Crippen molar-refractivity contribution in [2.75, 3.05) is 6.54 Å². The molecule has 0 radical (unpaired) electrons. The maximum atomic E-state index is 11.7. The zero-order valence-electron chi connectivity index (χ0n) is 10.3. The van der Waals surface area contributed by atoms with E-state index in [2.05, 4.69) is 5.32 Å². The van der Waals surface area contributed by atoms with E-state index in [0.29, 0.717) is 12.1 Å². The number of nitrogens with zero attached hydrogens (tertiary/aromatic N) is 1. The van der Waals surface area contributed by atoms with E-state index in [0.717, 1.165) is 6.42 Å². The summed E-state index contributed by atoms with van der Waals surface area (Å²) in [6.07, 6.45) is 0.884. The van der Waals surface area contributed by atoms with Crippen molar-refractivity contribution >= 4 is 11.6 Å². The van der Waals surface area contributed by atoms with Crippen LogP contribution in [0.2, 0.25) is 0 Å². The lowest BCUT2D eigenvalue weighted by molar-refractivity contribution is -0.384. The summed E-state index contributed by atoms with van der Waals surface area (Å²) in [6, 6.07) is 6.02. The quantitative estimate of drug-likeness (QED) is 0.581. The highest BCUT2D eigenvalue weighted by Crippen LogP contribution is 2.13. The van der Waals surface area contributed by atoms with Gasteiger partial charge in [-0.05, 0) is 12.0 Å². The molecule has 1 aromatic carbocycles. The minimum absolute atomic E-state index is 0.00818. The first-order valence-electron chi connectivity index (χ1n) is 5.79. The highest BCUT2D eigenvalue weighted by atomic mass is 16.6. The third-order valence-electron chi connectivity index (χ3n) is 2.63. The SMILES string of the molecule is CCC(CN)NC(=O)Cc1cccc([N+](=O)[O-])c1. The third kappa shape index (κ3) is 4.14. The first-order chi connectivity index (χ1) is 8.56. The van der Waals surface area contributed by atoms with Crippen LogP contribution in [0.1, 0.15) is 18.9 Å². The largest absolute Gasteiger partial charge is 0.352 e. The molecule has 1 atom stereocenters. The van der Waals surface area contributed by atoms with Gasteiger partial charge in [-0.3, -0.25) is 14.9 Å². The molecule has 0 aliphatic carbocycles. The van der Waals surface area contributed by atoms with Crippen LogP contribution >= 0.6 is 0 Å². The van der Waals surface area contributed by atoms with Crippen molar-refractivity contribution in [3.8, 4) is 0 Å². The molecule has 1 rings (SSSR count). The Morgan fingerprint density at radius 2 is 2.28 bits per heavy atom. The number of carbonyl (C=O) groups is 1. The van der Waals surface area contributed by atoms with E-state index in [1.807, 2.05) is 6.92 Å². The molecule has 0 aromatic heterocycles. The summed E-state index contributed by atoms with van der Waals surface area (Å²) in [5.74, 6) is -0.173. The molecule has 0 saturated heterocycles. The van der Waals surface area contributed by atoms with Crippen LogP contribution in [0.15, 0.2) is 24.3 Å². The van der Waals surface area contributed by atoms with Crippen LogP contribution in [-0.2, 0) is 11.2 Å². The van der Waals surface area contributed by atoms with Gasteiger partial charge >= 0.3 is 0 Å². The molecule has 0 spiro atoms. The van der Waals surface area contributed by atoms with Crippen LogP contribution in [-0.4, -0.2) is 23.4 Å². The van der Waals surface area contributed by atoms with Gasteiger partial charge in [0.2, 0.25) is 5.91 Å². The van der Waals surface area contributed by atoms with Gasteiger partial charge in [0.05, 0.1) is 11.3 Å². The number of hydrogen-bond acceptors (Lipinski definition) is 4. The molecule has 0 heterocycles. The van der Waals surface area contributed by atoms with E-state index in [1.54, 1.807) is 12.1 Å². The molecule has 0 fully saturated rings. The maximum absolute atomic E-state index is 11.7. The first-order valence-corrected chi connectivity index (χ1v) is 5.79. The molecule has 1 aromatic rings. The Labute approximate surface area is 105 Å². The topological polar surface area (TPSA) is 98.3 Å². The van der Waals surface area contributed by atoms with Crippen LogP contribution in [0.3, 0.4) is 0 Å². The van der Waals surface area contributed by atoms with Gasteiger partial charge in [-0.1, -0.05) is 19.1 Å². The smallest absolute Gasteiger partial charge is 0.269 e. The monoisotopic (exact) mass is 251 g/mol. The van der Waals surface area contributed by atoms with E-state index < -0.39 is 4.92 Å². The Kier molecular flexibility index (Phi) is 5.26. The highest BCUT2D eigenvalue weighted by molar-refractivity contribution is 5.79. The second kappa shape index (κ2) is 6.70. The Balaban J connectivity index is 2.64. The Hall–Kier alpha value is -1.95.